The molecule has 0 aromatic rings. The molecular formula is C11H23N3O3. The molecule has 0 aliphatic carbocycles. The van der Waals surface area contributed by atoms with Gasteiger partial charge >= 0.3 is 6.03 Å². The lowest BCUT2D eigenvalue weighted by molar-refractivity contribution is -0.0931. The van der Waals surface area contributed by atoms with Crippen LogP contribution in [0.2, 0.25) is 0 Å². The molecule has 100 valence electrons. The van der Waals surface area contributed by atoms with Gasteiger partial charge in [0.2, 0.25) is 0 Å². The van der Waals surface area contributed by atoms with Gasteiger partial charge in [-0.05, 0) is 6.42 Å². The summed E-state index contributed by atoms with van der Waals surface area (Å²) in [6, 6.07) is -0.0726. The van der Waals surface area contributed by atoms with E-state index in [1.807, 2.05) is 6.92 Å². The molecule has 0 aromatic carbocycles. The van der Waals surface area contributed by atoms with E-state index in [0.29, 0.717) is 39.4 Å². The number of nitrogens with one attached hydrogen (secondary N) is 1. The number of nitrogens with zero attached hydrogens (tertiary/aromatic N) is 1. The number of urea groups is 1. The van der Waals surface area contributed by atoms with Crippen LogP contribution in [0.5, 0.6) is 0 Å². The number of ether oxygens (including phenoxy) is 2. The van der Waals surface area contributed by atoms with Crippen LogP contribution in [0.15, 0.2) is 0 Å². The lowest BCUT2D eigenvalue weighted by Crippen LogP contribution is -2.58. The number of hydrogen-bond acceptors (Lipinski definition) is 4. The Morgan fingerprint density at radius 3 is 3.00 bits per heavy atom. The molecule has 1 atom stereocenters. The van der Waals surface area contributed by atoms with Crippen LogP contribution in [0.1, 0.15) is 13.3 Å². The summed E-state index contributed by atoms with van der Waals surface area (Å²) >= 11 is 0. The van der Waals surface area contributed by atoms with Gasteiger partial charge in [0.25, 0.3) is 0 Å². The lowest BCUT2D eigenvalue weighted by Gasteiger charge is -2.41. The highest BCUT2D eigenvalue weighted by molar-refractivity contribution is 5.74. The van der Waals surface area contributed by atoms with Crippen molar-refractivity contribution in [1.82, 2.24) is 10.2 Å². The summed E-state index contributed by atoms with van der Waals surface area (Å²) in [4.78, 5) is 13.6. The summed E-state index contributed by atoms with van der Waals surface area (Å²) in [5.41, 5.74) is 5.35. The SMILES string of the molecule is CCC1(CN)CN(C(=O)NCCOC)CCO1. The Morgan fingerprint density at radius 1 is 1.65 bits per heavy atom. The molecule has 17 heavy (non-hydrogen) atoms. The Kier molecular flexibility index (Phi) is 5.67. The van der Waals surface area contributed by atoms with Gasteiger partial charge in [-0.15, -0.1) is 0 Å². The van der Waals surface area contributed by atoms with Crippen LogP contribution < -0.4 is 11.1 Å². The van der Waals surface area contributed by atoms with E-state index in [0.717, 1.165) is 6.42 Å². The standard InChI is InChI=1S/C11H23N3O3/c1-3-11(8-12)9-14(5-7-17-11)10(15)13-4-6-16-2/h3-9,12H2,1-2H3,(H,13,15). The molecule has 3 N–H and O–H groups in total. The molecule has 1 rings (SSSR count). The molecule has 1 aliphatic heterocycles. The van der Waals surface area contributed by atoms with Crippen LogP contribution in [0.3, 0.4) is 0 Å². The molecule has 2 amide bonds. The van der Waals surface area contributed by atoms with Crippen molar-refractivity contribution in [3.05, 3.63) is 0 Å². The third kappa shape index (κ3) is 3.83. The van der Waals surface area contributed by atoms with E-state index in [2.05, 4.69) is 5.32 Å². The average Bonchev–Trinajstić information content (AvgIpc) is 2.39. The van der Waals surface area contributed by atoms with Crippen LogP contribution in [0, 0.1) is 0 Å². The van der Waals surface area contributed by atoms with E-state index in [1.54, 1.807) is 12.0 Å². The first kappa shape index (κ1) is 14.2. The Hall–Kier alpha value is -0.850. The maximum Gasteiger partial charge on any atom is 0.317 e. The van der Waals surface area contributed by atoms with Crippen LogP contribution >= 0.6 is 0 Å². The molecule has 0 spiro atoms. The van der Waals surface area contributed by atoms with Crippen molar-refractivity contribution in [2.75, 3.05) is 46.5 Å². The molecule has 6 heteroatoms. The third-order valence-electron chi connectivity index (χ3n) is 3.13. The number of hydrogen-bond donors (Lipinski definition) is 2. The minimum atomic E-state index is -0.378. The molecule has 0 aromatic heterocycles. The smallest absolute Gasteiger partial charge is 0.317 e. The zero-order valence-corrected chi connectivity index (χ0v) is 10.7. The van der Waals surface area contributed by atoms with Crippen molar-refractivity contribution >= 4 is 6.03 Å². The van der Waals surface area contributed by atoms with E-state index in [1.165, 1.54) is 0 Å². The van der Waals surface area contributed by atoms with Gasteiger partial charge in [-0.25, -0.2) is 4.79 Å². The predicted octanol–water partition coefficient (Wildman–Crippen LogP) is -0.218. The Labute approximate surface area is 102 Å². The first-order valence-corrected chi connectivity index (χ1v) is 6.03. The summed E-state index contributed by atoms with van der Waals surface area (Å²) in [7, 11) is 1.61. The normalized spacial score (nSPS) is 24.8. The first-order chi connectivity index (χ1) is 8.17. The fourth-order valence-electron chi connectivity index (χ4n) is 1.87. The van der Waals surface area contributed by atoms with Crippen molar-refractivity contribution in [1.29, 1.82) is 0 Å². The number of methoxy groups -OCH3 is 1. The number of nitrogens with two attached hydrogens (primary N) is 1. The van der Waals surface area contributed by atoms with Crippen molar-refractivity contribution in [3.63, 3.8) is 0 Å². The van der Waals surface area contributed by atoms with E-state index in [9.17, 15) is 4.79 Å². The summed E-state index contributed by atoms with van der Waals surface area (Å²) in [6.07, 6.45) is 0.811. The molecule has 6 nitrogen and oxygen atoms in total. The Balaban J connectivity index is 2.45. The van der Waals surface area contributed by atoms with Crippen LogP contribution in [0.4, 0.5) is 4.79 Å². The summed E-state index contributed by atoms with van der Waals surface area (Å²) in [5.74, 6) is 0. The van der Waals surface area contributed by atoms with Gasteiger partial charge < -0.3 is 25.4 Å². The van der Waals surface area contributed by atoms with Gasteiger partial charge in [-0.3, -0.25) is 0 Å². The molecule has 1 saturated heterocycles. The highest BCUT2D eigenvalue weighted by atomic mass is 16.5. The Morgan fingerprint density at radius 2 is 2.41 bits per heavy atom. The minimum absolute atomic E-state index is 0.0726. The fraction of sp³-hybridized carbons (Fsp3) is 0.909. The second-order valence-electron chi connectivity index (χ2n) is 4.24. The number of rotatable bonds is 5. The van der Waals surface area contributed by atoms with Gasteiger partial charge in [0.1, 0.15) is 0 Å². The van der Waals surface area contributed by atoms with Gasteiger partial charge in [0.15, 0.2) is 0 Å². The quantitative estimate of drug-likeness (QED) is 0.657. The average molecular weight is 245 g/mol. The molecule has 0 saturated carbocycles. The number of morpholine rings is 1. The second kappa shape index (κ2) is 6.78. The first-order valence-electron chi connectivity index (χ1n) is 6.03. The molecule has 0 bridgehead atoms. The van der Waals surface area contributed by atoms with Crippen LogP contribution in [0.25, 0.3) is 0 Å². The largest absolute Gasteiger partial charge is 0.383 e. The third-order valence-corrected chi connectivity index (χ3v) is 3.13. The maximum atomic E-state index is 11.9. The van der Waals surface area contributed by atoms with E-state index < -0.39 is 0 Å². The molecular weight excluding hydrogens is 222 g/mol. The Bertz CT molecular complexity index is 244. The number of carbonyl (C=O) groups excluding carboxylic acids is 1. The monoisotopic (exact) mass is 245 g/mol. The molecule has 1 unspecified atom stereocenters. The summed E-state index contributed by atoms with van der Waals surface area (Å²) in [5, 5.41) is 2.80. The van der Waals surface area contributed by atoms with Gasteiger partial charge in [0.05, 0.1) is 25.4 Å². The van der Waals surface area contributed by atoms with Gasteiger partial charge in [-0.1, -0.05) is 6.92 Å². The molecule has 0 radical (unpaired) electrons. The fourth-order valence-corrected chi connectivity index (χ4v) is 1.87. The number of amides is 2. The molecule has 1 heterocycles. The van der Waals surface area contributed by atoms with E-state index in [4.69, 9.17) is 15.2 Å². The van der Waals surface area contributed by atoms with Crippen molar-refractivity contribution in [3.8, 4) is 0 Å². The van der Waals surface area contributed by atoms with Crippen LogP contribution in [-0.2, 0) is 9.47 Å². The highest BCUT2D eigenvalue weighted by Gasteiger charge is 2.35. The number of carbonyl (C=O) groups is 1. The highest BCUT2D eigenvalue weighted by Crippen LogP contribution is 2.20. The molecule has 1 aliphatic rings. The zero-order chi connectivity index (χ0) is 12.7. The van der Waals surface area contributed by atoms with Crippen molar-refractivity contribution in [2.24, 2.45) is 5.73 Å². The topological polar surface area (TPSA) is 76.8 Å². The van der Waals surface area contributed by atoms with Crippen molar-refractivity contribution < 1.29 is 14.3 Å². The maximum absolute atomic E-state index is 11.9. The van der Waals surface area contributed by atoms with Gasteiger partial charge in [-0.2, -0.15) is 0 Å². The van der Waals surface area contributed by atoms with E-state index >= 15 is 0 Å². The lowest BCUT2D eigenvalue weighted by atomic mass is 9.98. The predicted molar refractivity (Wildman–Crippen MR) is 64.9 cm³/mol. The second-order valence-corrected chi connectivity index (χ2v) is 4.24. The summed E-state index contributed by atoms with van der Waals surface area (Å²) in [6.45, 7) is 5.22. The summed E-state index contributed by atoms with van der Waals surface area (Å²) < 4.78 is 10.6. The van der Waals surface area contributed by atoms with Crippen molar-refractivity contribution in [2.45, 2.75) is 18.9 Å². The van der Waals surface area contributed by atoms with Crippen LogP contribution in [-0.4, -0.2) is 63.0 Å². The minimum Gasteiger partial charge on any atom is -0.383 e. The molecule has 1 fully saturated rings. The van der Waals surface area contributed by atoms with Gasteiger partial charge in [0, 0.05) is 26.7 Å². The zero-order valence-electron chi connectivity index (χ0n) is 10.7. The van der Waals surface area contributed by atoms with E-state index in [-0.39, 0.29) is 11.6 Å².